The Labute approximate surface area is 83.2 Å². The summed E-state index contributed by atoms with van der Waals surface area (Å²) in [6.45, 7) is 0. The van der Waals surface area contributed by atoms with Gasteiger partial charge in [0, 0.05) is 12.1 Å². The molecule has 0 saturated carbocycles. The van der Waals surface area contributed by atoms with E-state index < -0.39 is 17.5 Å². The topological polar surface area (TPSA) is 38.4 Å². The van der Waals surface area contributed by atoms with Crippen LogP contribution >= 0.6 is 11.6 Å². The van der Waals surface area contributed by atoms with E-state index in [0.717, 1.165) is 0 Å². The van der Waals surface area contributed by atoms with Gasteiger partial charge >= 0.3 is 0 Å². The molecule has 2 N–H and O–H groups in total. The highest BCUT2D eigenvalue weighted by Crippen LogP contribution is 2.21. The number of benzene rings is 1. The normalized spacial score (nSPS) is 11.9. The summed E-state index contributed by atoms with van der Waals surface area (Å²) in [6.07, 6.45) is 0. The maximum atomic E-state index is 12.9. The van der Waals surface area contributed by atoms with Crippen molar-refractivity contribution >= 4 is 23.1 Å². The monoisotopic (exact) mass is 222 g/mol. The maximum Gasteiger partial charge on any atom is 0.161 e. The minimum atomic E-state index is -1.27. The number of hydrogen-bond acceptors (Lipinski definition) is 1. The zero-order valence-electron chi connectivity index (χ0n) is 6.90. The van der Waals surface area contributed by atoms with Crippen LogP contribution in [0.4, 0.5) is 18.9 Å². The van der Waals surface area contributed by atoms with Crippen LogP contribution in [0.3, 0.4) is 0 Å². The van der Waals surface area contributed by atoms with Crippen LogP contribution in [0.2, 0.25) is 0 Å². The van der Waals surface area contributed by atoms with Crippen LogP contribution < -0.4 is 5.73 Å². The summed E-state index contributed by atoms with van der Waals surface area (Å²) in [5.41, 5.74) is 4.82. The number of halogens is 4. The smallest absolute Gasteiger partial charge is 0.161 e. The molecule has 0 aliphatic heterocycles. The van der Waals surface area contributed by atoms with Crippen LogP contribution in [0.15, 0.2) is 17.1 Å². The van der Waals surface area contributed by atoms with Crippen molar-refractivity contribution < 1.29 is 13.2 Å². The van der Waals surface area contributed by atoms with Crippen molar-refractivity contribution in [1.29, 1.82) is 0 Å². The van der Waals surface area contributed by atoms with Gasteiger partial charge in [-0.05, 0) is 0 Å². The molecule has 1 rings (SSSR count). The van der Waals surface area contributed by atoms with Crippen LogP contribution in [0.1, 0.15) is 0 Å². The molecule has 1 aromatic carbocycles. The molecule has 76 valence electrons. The van der Waals surface area contributed by atoms with Gasteiger partial charge in [-0.1, -0.05) is 0 Å². The summed E-state index contributed by atoms with van der Waals surface area (Å²) in [7, 11) is 0. The molecule has 0 atom stereocenters. The Balaban J connectivity index is 3.16. The Morgan fingerprint density at radius 1 is 1.21 bits per heavy atom. The van der Waals surface area contributed by atoms with E-state index in [9.17, 15) is 13.2 Å². The van der Waals surface area contributed by atoms with Gasteiger partial charge in [-0.2, -0.15) is 0 Å². The SMILES string of the molecule is NC(CCl)=Nc1cc(F)c(F)cc1F. The van der Waals surface area contributed by atoms with Crippen LogP contribution in [-0.4, -0.2) is 11.7 Å². The van der Waals surface area contributed by atoms with Crippen molar-refractivity contribution in [2.24, 2.45) is 10.7 Å². The number of alkyl halides is 1. The molecule has 0 unspecified atom stereocenters. The molecular formula is C8H6ClF3N2. The summed E-state index contributed by atoms with van der Waals surface area (Å²) < 4.78 is 38.0. The Hall–Kier alpha value is -1.23. The third-order valence-electron chi connectivity index (χ3n) is 1.39. The number of rotatable bonds is 2. The first-order valence-electron chi connectivity index (χ1n) is 3.58. The lowest BCUT2D eigenvalue weighted by Crippen LogP contribution is -2.12. The lowest BCUT2D eigenvalue weighted by atomic mass is 10.3. The second kappa shape index (κ2) is 4.32. The summed E-state index contributed by atoms with van der Waals surface area (Å²) in [5, 5.41) is 0. The molecule has 14 heavy (non-hydrogen) atoms. The Kier molecular flexibility index (Phi) is 3.35. The van der Waals surface area contributed by atoms with Gasteiger partial charge in [-0.3, -0.25) is 0 Å². The number of nitrogens with two attached hydrogens (primary N) is 1. The molecule has 0 heterocycles. The number of aliphatic imine (C=N–C) groups is 1. The third-order valence-corrected chi connectivity index (χ3v) is 1.66. The molecule has 0 radical (unpaired) electrons. The fourth-order valence-corrected chi connectivity index (χ4v) is 0.842. The minimum Gasteiger partial charge on any atom is -0.386 e. The molecule has 0 amide bonds. The zero-order chi connectivity index (χ0) is 10.7. The van der Waals surface area contributed by atoms with Gasteiger partial charge in [-0.25, -0.2) is 18.2 Å². The molecule has 2 nitrogen and oxygen atoms in total. The molecule has 1 aromatic rings. The van der Waals surface area contributed by atoms with Gasteiger partial charge in [-0.15, -0.1) is 11.6 Å². The van der Waals surface area contributed by atoms with E-state index >= 15 is 0 Å². The Morgan fingerprint density at radius 2 is 1.79 bits per heavy atom. The average molecular weight is 223 g/mol. The quantitative estimate of drug-likeness (QED) is 0.355. The minimum absolute atomic E-state index is 0.0726. The largest absolute Gasteiger partial charge is 0.386 e. The first kappa shape index (κ1) is 10.8. The molecular weight excluding hydrogens is 217 g/mol. The average Bonchev–Trinajstić information content (AvgIpc) is 2.14. The molecule has 0 fully saturated rings. The van der Waals surface area contributed by atoms with Gasteiger partial charge < -0.3 is 5.73 Å². The number of nitrogens with zero attached hydrogens (tertiary/aromatic N) is 1. The predicted octanol–water partition coefficient (Wildman–Crippen LogP) is 2.33. The van der Waals surface area contributed by atoms with Crippen LogP contribution in [-0.2, 0) is 0 Å². The Bertz CT molecular complexity index is 379. The fourth-order valence-electron chi connectivity index (χ4n) is 0.782. The summed E-state index contributed by atoms with van der Waals surface area (Å²) >= 11 is 5.28. The number of amidine groups is 1. The standard InChI is InChI=1S/C8H6ClF3N2/c9-3-8(13)14-7-2-5(11)4(10)1-6(7)12/h1-2H,3H2,(H2,13,14). The first-order valence-corrected chi connectivity index (χ1v) is 4.11. The van der Waals surface area contributed by atoms with Gasteiger partial charge in [0.1, 0.15) is 11.5 Å². The molecule has 0 aliphatic rings. The molecule has 0 spiro atoms. The fraction of sp³-hybridized carbons (Fsp3) is 0.125. The van der Waals surface area contributed by atoms with Crippen molar-refractivity contribution in [2.45, 2.75) is 0 Å². The van der Waals surface area contributed by atoms with E-state index in [4.69, 9.17) is 17.3 Å². The van der Waals surface area contributed by atoms with E-state index in [1.165, 1.54) is 0 Å². The van der Waals surface area contributed by atoms with Crippen molar-refractivity contribution in [3.8, 4) is 0 Å². The van der Waals surface area contributed by atoms with Crippen LogP contribution in [0.25, 0.3) is 0 Å². The predicted molar refractivity (Wildman–Crippen MR) is 48.3 cm³/mol. The highest BCUT2D eigenvalue weighted by molar-refractivity contribution is 6.28. The van der Waals surface area contributed by atoms with Crippen molar-refractivity contribution in [3.63, 3.8) is 0 Å². The zero-order valence-corrected chi connectivity index (χ0v) is 7.65. The molecule has 0 aliphatic carbocycles. The second-order valence-electron chi connectivity index (χ2n) is 2.45. The van der Waals surface area contributed by atoms with Gasteiger partial charge in [0.25, 0.3) is 0 Å². The Morgan fingerprint density at radius 3 is 2.36 bits per heavy atom. The number of hydrogen-bond donors (Lipinski definition) is 1. The first-order chi connectivity index (χ1) is 6.54. The highest BCUT2D eigenvalue weighted by Gasteiger charge is 2.09. The van der Waals surface area contributed by atoms with Crippen LogP contribution in [0.5, 0.6) is 0 Å². The van der Waals surface area contributed by atoms with Gasteiger partial charge in [0.15, 0.2) is 17.5 Å². The summed E-state index contributed by atoms with van der Waals surface area (Å²) in [4.78, 5) is 3.46. The van der Waals surface area contributed by atoms with Crippen molar-refractivity contribution in [3.05, 3.63) is 29.6 Å². The van der Waals surface area contributed by atoms with Crippen molar-refractivity contribution in [2.75, 3.05) is 5.88 Å². The van der Waals surface area contributed by atoms with E-state index in [0.29, 0.717) is 12.1 Å². The lowest BCUT2D eigenvalue weighted by molar-refractivity contribution is 0.496. The van der Waals surface area contributed by atoms with Gasteiger partial charge in [0.05, 0.1) is 5.88 Å². The molecule has 0 bridgehead atoms. The molecule has 0 saturated heterocycles. The van der Waals surface area contributed by atoms with E-state index in [1.54, 1.807) is 0 Å². The summed E-state index contributed by atoms with van der Waals surface area (Å²) in [6, 6.07) is 1.01. The van der Waals surface area contributed by atoms with Crippen molar-refractivity contribution in [1.82, 2.24) is 0 Å². The highest BCUT2D eigenvalue weighted by atomic mass is 35.5. The van der Waals surface area contributed by atoms with E-state index in [2.05, 4.69) is 4.99 Å². The second-order valence-corrected chi connectivity index (χ2v) is 2.72. The van der Waals surface area contributed by atoms with E-state index in [1.807, 2.05) is 0 Å². The van der Waals surface area contributed by atoms with Gasteiger partial charge in [0.2, 0.25) is 0 Å². The third kappa shape index (κ3) is 2.38. The summed E-state index contributed by atoms with van der Waals surface area (Å²) in [5.74, 6) is -3.63. The molecule has 0 aromatic heterocycles. The molecule has 6 heteroatoms. The lowest BCUT2D eigenvalue weighted by Gasteiger charge is -1.99. The van der Waals surface area contributed by atoms with Crippen LogP contribution in [0, 0.1) is 17.5 Å². The maximum absolute atomic E-state index is 12.9. The van der Waals surface area contributed by atoms with E-state index in [-0.39, 0.29) is 17.4 Å².